The average Bonchev–Trinajstić information content (AvgIpc) is 2.48. The SMILES string of the molecule is Clc1cc(I)ccc1N1CCNC(C2CCCCC2)C1. The van der Waals surface area contributed by atoms with E-state index in [1.807, 2.05) is 0 Å². The minimum atomic E-state index is 0.638. The normalized spacial score (nSPS) is 24.9. The third-order valence-corrected chi connectivity index (χ3v) is 5.65. The zero-order chi connectivity index (χ0) is 13.9. The summed E-state index contributed by atoms with van der Waals surface area (Å²) in [6.07, 6.45) is 7.04. The number of anilines is 1. The van der Waals surface area contributed by atoms with Crippen molar-refractivity contribution >= 4 is 39.9 Å². The van der Waals surface area contributed by atoms with Crippen LogP contribution < -0.4 is 10.2 Å². The predicted molar refractivity (Wildman–Crippen MR) is 94.7 cm³/mol. The Balaban J connectivity index is 1.71. The lowest BCUT2D eigenvalue weighted by atomic mass is 9.83. The summed E-state index contributed by atoms with van der Waals surface area (Å²) in [6.45, 7) is 3.23. The molecule has 0 bridgehead atoms. The van der Waals surface area contributed by atoms with Gasteiger partial charge in [-0.15, -0.1) is 0 Å². The van der Waals surface area contributed by atoms with E-state index >= 15 is 0 Å². The van der Waals surface area contributed by atoms with Gasteiger partial charge in [0.1, 0.15) is 0 Å². The number of benzene rings is 1. The van der Waals surface area contributed by atoms with Crippen molar-refractivity contribution < 1.29 is 0 Å². The van der Waals surface area contributed by atoms with E-state index in [1.54, 1.807) is 0 Å². The summed E-state index contributed by atoms with van der Waals surface area (Å²) in [6, 6.07) is 7.03. The number of rotatable bonds is 2. The molecule has 2 nitrogen and oxygen atoms in total. The summed E-state index contributed by atoms with van der Waals surface area (Å²) in [4.78, 5) is 2.47. The molecule has 1 aliphatic carbocycles. The smallest absolute Gasteiger partial charge is 0.0650 e. The molecule has 2 aliphatic rings. The standard InChI is InChI=1S/C16H22ClIN2/c17-14-10-13(18)6-7-16(14)20-9-8-19-15(11-20)12-4-2-1-3-5-12/h6-7,10,12,15,19H,1-5,8-9,11H2. The molecule has 0 spiro atoms. The minimum absolute atomic E-state index is 0.638. The van der Waals surface area contributed by atoms with Gasteiger partial charge in [-0.2, -0.15) is 0 Å². The van der Waals surface area contributed by atoms with Crippen LogP contribution in [-0.2, 0) is 0 Å². The first-order valence-electron chi connectivity index (χ1n) is 7.67. The maximum Gasteiger partial charge on any atom is 0.0650 e. The third-order valence-electron chi connectivity index (χ3n) is 4.67. The fourth-order valence-corrected chi connectivity index (χ4v) is 4.56. The maximum atomic E-state index is 6.43. The van der Waals surface area contributed by atoms with E-state index in [9.17, 15) is 0 Å². The van der Waals surface area contributed by atoms with Gasteiger partial charge in [0.25, 0.3) is 0 Å². The fraction of sp³-hybridized carbons (Fsp3) is 0.625. The number of halogens is 2. The first kappa shape index (κ1) is 14.9. The van der Waals surface area contributed by atoms with Crippen LogP contribution in [0.25, 0.3) is 0 Å². The van der Waals surface area contributed by atoms with E-state index < -0.39 is 0 Å². The van der Waals surface area contributed by atoms with Crippen LogP contribution in [0, 0.1) is 9.49 Å². The first-order chi connectivity index (χ1) is 9.74. The Morgan fingerprint density at radius 2 is 2.00 bits per heavy atom. The molecule has 2 fully saturated rings. The van der Waals surface area contributed by atoms with Crippen molar-refractivity contribution in [3.8, 4) is 0 Å². The number of piperazine rings is 1. The Morgan fingerprint density at radius 1 is 1.20 bits per heavy atom. The molecule has 0 radical (unpaired) electrons. The van der Waals surface area contributed by atoms with Gasteiger partial charge in [-0.3, -0.25) is 0 Å². The van der Waals surface area contributed by atoms with Gasteiger partial charge in [0.05, 0.1) is 10.7 Å². The minimum Gasteiger partial charge on any atom is -0.367 e. The summed E-state index contributed by atoms with van der Waals surface area (Å²) in [5.74, 6) is 0.856. The highest BCUT2D eigenvalue weighted by atomic mass is 127. The van der Waals surface area contributed by atoms with Gasteiger partial charge >= 0.3 is 0 Å². The monoisotopic (exact) mass is 404 g/mol. The Kier molecular flexibility index (Phi) is 5.10. The van der Waals surface area contributed by atoms with Crippen LogP contribution in [0.5, 0.6) is 0 Å². The lowest BCUT2D eigenvalue weighted by molar-refractivity contribution is 0.257. The summed E-state index contributed by atoms with van der Waals surface area (Å²) in [7, 11) is 0. The summed E-state index contributed by atoms with van der Waals surface area (Å²) >= 11 is 8.75. The zero-order valence-corrected chi connectivity index (χ0v) is 14.7. The summed E-state index contributed by atoms with van der Waals surface area (Å²) < 4.78 is 1.20. The Bertz CT molecular complexity index is 460. The number of hydrogen-bond acceptors (Lipinski definition) is 2. The largest absolute Gasteiger partial charge is 0.367 e. The third kappa shape index (κ3) is 3.42. The molecule has 1 aromatic carbocycles. The van der Waals surface area contributed by atoms with E-state index in [1.165, 1.54) is 41.4 Å². The topological polar surface area (TPSA) is 15.3 Å². The van der Waals surface area contributed by atoms with E-state index in [4.69, 9.17) is 11.6 Å². The van der Waals surface area contributed by atoms with Crippen LogP contribution >= 0.6 is 34.2 Å². The second kappa shape index (κ2) is 6.84. The Labute approximate surface area is 140 Å². The average molecular weight is 405 g/mol. The molecule has 1 unspecified atom stereocenters. The highest BCUT2D eigenvalue weighted by Gasteiger charge is 2.28. The molecule has 4 heteroatoms. The molecule has 1 aliphatic heterocycles. The van der Waals surface area contributed by atoms with Crippen LogP contribution in [-0.4, -0.2) is 25.7 Å². The molecule has 0 amide bonds. The number of nitrogens with zero attached hydrogens (tertiary/aromatic N) is 1. The van der Waals surface area contributed by atoms with Crippen LogP contribution in [0.4, 0.5) is 5.69 Å². The molecule has 3 rings (SSSR count). The van der Waals surface area contributed by atoms with Gasteiger partial charge in [-0.05, 0) is 59.5 Å². The summed E-state index contributed by atoms with van der Waals surface area (Å²) in [5.41, 5.74) is 1.20. The van der Waals surface area contributed by atoms with Crippen molar-refractivity contribution in [3.05, 3.63) is 26.8 Å². The number of nitrogens with one attached hydrogen (secondary N) is 1. The molecule has 110 valence electrons. The van der Waals surface area contributed by atoms with Crippen LogP contribution in [0.15, 0.2) is 18.2 Å². The van der Waals surface area contributed by atoms with Crippen molar-refractivity contribution in [1.82, 2.24) is 5.32 Å². The summed E-state index contributed by atoms with van der Waals surface area (Å²) in [5, 5.41) is 4.62. The highest BCUT2D eigenvalue weighted by molar-refractivity contribution is 14.1. The maximum absolute atomic E-state index is 6.43. The van der Waals surface area contributed by atoms with E-state index in [0.717, 1.165) is 30.6 Å². The van der Waals surface area contributed by atoms with Gasteiger partial charge in [0.15, 0.2) is 0 Å². The van der Waals surface area contributed by atoms with Gasteiger partial charge < -0.3 is 10.2 Å². The molecule has 1 saturated heterocycles. The Morgan fingerprint density at radius 3 is 2.75 bits per heavy atom. The van der Waals surface area contributed by atoms with E-state index in [0.29, 0.717) is 6.04 Å². The highest BCUT2D eigenvalue weighted by Crippen LogP contribution is 2.32. The van der Waals surface area contributed by atoms with E-state index in [-0.39, 0.29) is 0 Å². The van der Waals surface area contributed by atoms with Crippen LogP contribution in [0.3, 0.4) is 0 Å². The van der Waals surface area contributed by atoms with Crippen LogP contribution in [0.2, 0.25) is 5.02 Å². The van der Waals surface area contributed by atoms with Crippen molar-refractivity contribution in [2.75, 3.05) is 24.5 Å². The molecule has 0 aromatic heterocycles. The molecule has 1 aromatic rings. The van der Waals surface area contributed by atoms with Crippen LogP contribution in [0.1, 0.15) is 32.1 Å². The van der Waals surface area contributed by atoms with E-state index in [2.05, 4.69) is 51.0 Å². The van der Waals surface area contributed by atoms with Gasteiger partial charge in [0, 0.05) is 29.2 Å². The second-order valence-electron chi connectivity index (χ2n) is 6.00. The lowest BCUT2D eigenvalue weighted by Crippen LogP contribution is -2.54. The van der Waals surface area contributed by atoms with Crippen molar-refractivity contribution in [2.24, 2.45) is 5.92 Å². The fourth-order valence-electron chi connectivity index (χ4n) is 3.59. The molecule has 20 heavy (non-hydrogen) atoms. The molecule has 1 atom stereocenters. The molecule has 1 heterocycles. The zero-order valence-electron chi connectivity index (χ0n) is 11.7. The van der Waals surface area contributed by atoms with Crippen molar-refractivity contribution in [2.45, 2.75) is 38.1 Å². The number of hydrogen-bond donors (Lipinski definition) is 1. The molecular formula is C16H22ClIN2. The molecular weight excluding hydrogens is 383 g/mol. The van der Waals surface area contributed by atoms with Crippen molar-refractivity contribution in [3.63, 3.8) is 0 Å². The quantitative estimate of drug-likeness (QED) is 0.739. The Hall–Kier alpha value is -0.000000000000000132. The predicted octanol–water partition coefficient (Wildman–Crippen LogP) is 4.30. The van der Waals surface area contributed by atoms with Gasteiger partial charge in [0.2, 0.25) is 0 Å². The second-order valence-corrected chi connectivity index (χ2v) is 7.65. The first-order valence-corrected chi connectivity index (χ1v) is 9.13. The molecule has 1 N–H and O–H groups in total. The molecule has 1 saturated carbocycles. The van der Waals surface area contributed by atoms with Crippen molar-refractivity contribution in [1.29, 1.82) is 0 Å². The lowest BCUT2D eigenvalue weighted by Gasteiger charge is -2.40. The van der Waals surface area contributed by atoms with Gasteiger partial charge in [-0.25, -0.2) is 0 Å². The van der Waals surface area contributed by atoms with Gasteiger partial charge in [-0.1, -0.05) is 30.9 Å².